The summed E-state index contributed by atoms with van der Waals surface area (Å²) >= 11 is 3.31. The van der Waals surface area contributed by atoms with Gasteiger partial charge >= 0.3 is 0 Å². The number of hydrogen-bond acceptors (Lipinski definition) is 2. The number of rotatable bonds is 4. The fourth-order valence-electron chi connectivity index (χ4n) is 2.00. The van der Waals surface area contributed by atoms with Crippen LogP contribution in [-0.2, 0) is 0 Å². The van der Waals surface area contributed by atoms with E-state index in [1.165, 1.54) is 0 Å². The molecule has 112 valence electrons. The molecule has 0 fully saturated rings. The molecule has 0 amide bonds. The van der Waals surface area contributed by atoms with E-state index in [0.29, 0.717) is 34.5 Å². The van der Waals surface area contributed by atoms with Crippen LogP contribution in [0.4, 0.5) is 13.2 Å². The van der Waals surface area contributed by atoms with E-state index in [0.717, 1.165) is 0 Å². The predicted molar refractivity (Wildman–Crippen MR) is 77.7 cm³/mol. The van der Waals surface area contributed by atoms with Crippen LogP contribution in [0.1, 0.15) is 24.1 Å². The minimum absolute atomic E-state index is 0.368. The first-order chi connectivity index (χ1) is 9.93. The summed E-state index contributed by atoms with van der Waals surface area (Å²) in [5, 5.41) is 0. The smallest absolute Gasteiger partial charge is 0.134 e. The lowest BCUT2D eigenvalue weighted by atomic mass is 9.98. The third kappa shape index (κ3) is 3.39. The molecule has 1 unspecified atom stereocenters. The van der Waals surface area contributed by atoms with Gasteiger partial charge in [-0.15, -0.1) is 0 Å². The normalized spacial score (nSPS) is 12.3. The second-order valence-electron chi connectivity index (χ2n) is 4.38. The average Bonchev–Trinajstić information content (AvgIpc) is 2.40. The van der Waals surface area contributed by atoms with Gasteiger partial charge in [-0.3, -0.25) is 0 Å². The van der Waals surface area contributed by atoms with E-state index in [4.69, 9.17) is 10.5 Å². The van der Waals surface area contributed by atoms with Crippen molar-refractivity contribution in [1.29, 1.82) is 0 Å². The monoisotopic (exact) mass is 359 g/mol. The van der Waals surface area contributed by atoms with E-state index in [1.807, 2.05) is 6.92 Å². The number of ether oxygens (including phenoxy) is 1. The lowest BCUT2D eigenvalue weighted by molar-refractivity contribution is 0.338. The Balaban J connectivity index is 2.41. The summed E-state index contributed by atoms with van der Waals surface area (Å²) in [6, 6.07) is 5.07. The molecule has 2 N–H and O–H groups in total. The van der Waals surface area contributed by atoms with E-state index in [2.05, 4.69) is 15.9 Å². The van der Waals surface area contributed by atoms with Gasteiger partial charge in [-0.25, -0.2) is 13.2 Å². The Morgan fingerprint density at radius 1 is 1.14 bits per heavy atom. The first-order valence-corrected chi connectivity index (χ1v) is 7.05. The third-order valence-electron chi connectivity index (χ3n) is 2.97. The summed E-state index contributed by atoms with van der Waals surface area (Å²) in [6.45, 7) is 2.33. The first kappa shape index (κ1) is 15.9. The van der Waals surface area contributed by atoms with Gasteiger partial charge in [-0.2, -0.15) is 0 Å². The van der Waals surface area contributed by atoms with Crippen LogP contribution in [0.2, 0.25) is 0 Å². The maximum atomic E-state index is 13.8. The van der Waals surface area contributed by atoms with Gasteiger partial charge in [0, 0.05) is 17.7 Å². The number of halogens is 4. The zero-order chi connectivity index (χ0) is 15.6. The maximum Gasteiger partial charge on any atom is 0.134 e. The molecule has 0 aliphatic heterocycles. The van der Waals surface area contributed by atoms with E-state index in [9.17, 15) is 13.2 Å². The highest BCUT2D eigenvalue weighted by Gasteiger charge is 2.20. The Morgan fingerprint density at radius 2 is 1.76 bits per heavy atom. The molecule has 2 rings (SSSR count). The third-order valence-corrected chi connectivity index (χ3v) is 3.59. The van der Waals surface area contributed by atoms with Gasteiger partial charge in [-0.1, -0.05) is 6.07 Å². The van der Waals surface area contributed by atoms with Crippen molar-refractivity contribution in [1.82, 2.24) is 0 Å². The Kier molecular flexibility index (Phi) is 4.90. The molecule has 0 saturated carbocycles. The second-order valence-corrected chi connectivity index (χ2v) is 5.24. The topological polar surface area (TPSA) is 35.2 Å². The van der Waals surface area contributed by atoms with E-state index >= 15 is 0 Å². The van der Waals surface area contributed by atoms with Crippen LogP contribution in [0.5, 0.6) is 5.75 Å². The summed E-state index contributed by atoms with van der Waals surface area (Å²) in [5.41, 5.74) is 6.01. The zero-order valence-electron chi connectivity index (χ0n) is 11.2. The van der Waals surface area contributed by atoms with Gasteiger partial charge in [0.15, 0.2) is 0 Å². The molecule has 0 radical (unpaired) electrons. The molecule has 0 saturated heterocycles. The highest BCUT2D eigenvalue weighted by molar-refractivity contribution is 9.10. The van der Waals surface area contributed by atoms with Crippen molar-refractivity contribution in [3.8, 4) is 5.75 Å². The molecule has 2 aromatic rings. The largest absolute Gasteiger partial charge is 0.493 e. The fourth-order valence-corrected chi connectivity index (χ4v) is 2.51. The number of benzene rings is 2. The summed E-state index contributed by atoms with van der Waals surface area (Å²) in [6.07, 6.45) is 0. The summed E-state index contributed by atoms with van der Waals surface area (Å²) in [7, 11) is 0. The molecular weight excluding hydrogens is 347 g/mol. The Morgan fingerprint density at radius 3 is 2.29 bits per heavy atom. The van der Waals surface area contributed by atoms with Crippen LogP contribution in [0.3, 0.4) is 0 Å². The highest BCUT2D eigenvalue weighted by atomic mass is 79.9. The summed E-state index contributed by atoms with van der Waals surface area (Å²) < 4.78 is 46.4. The molecule has 21 heavy (non-hydrogen) atoms. The molecule has 0 heterocycles. The molecule has 0 aromatic heterocycles. The summed E-state index contributed by atoms with van der Waals surface area (Å²) in [4.78, 5) is 0. The van der Waals surface area contributed by atoms with Crippen LogP contribution >= 0.6 is 15.9 Å². The van der Waals surface area contributed by atoms with Crippen molar-refractivity contribution in [2.45, 2.75) is 13.0 Å². The molecular formula is C15H13BrF3NO. The molecule has 2 nitrogen and oxygen atoms in total. The van der Waals surface area contributed by atoms with Gasteiger partial charge in [-0.05, 0) is 40.5 Å². The van der Waals surface area contributed by atoms with Crippen LogP contribution < -0.4 is 10.5 Å². The van der Waals surface area contributed by atoms with Crippen LogP contribution in [0, 0.1) is 17.5 Å². The van der Waals surface area contributed by atoms with Gasteiger partial charge in [0.25, 0.3) is 0 Å². The van der Waals surface area contributed by atoms with Gasteiger partial charge in [0.1, 0.15) is 23.2 Å². The van der Waals surface area contributed by atoms with E-state index in [-0.39, 0.29) is 5.56 Å². The second kappa shape index (κ2) is 6.49. The molecule has 0 aliphatic carbocycles. The first-order valence-electron chi connectivity index (χ1n) is 6.26. The van der Waals surface area contributed by atoms with Gasteiger partial charge in [0.05, 0.1) is 17.1 Å². The van der Waals surface area contributed by atoms with Crippen molar-refractivity contribution in [3.05, 3.63) is 63.4 Å². The van der Waals surface area contributed by atoms with Crippen molar-refractivity contribution >= 4 is 15.9 Å². The zero-order valence-corrected chi connectivity index (χ0v) is 12.8. The average molecular weight is 360 g/mol. The van der Waals surface area contributed by atoms with Crippen molar-refractivity contribution in [2.75, 3.05) is 6.61 Å². The lowest BCUT2D eigenvalue weighted by Gasteiger charge is -2.16. The van der Waals surface area contributed by atoms with Gasteiger partial charge in [0.2, 0.25) is 0 Å². The molecule has 2 aromatic carbocycles. The molecule has 1 atom stereocenters. The molecule has 0 bridgehead atoms. The lowest BCUT2D eigenvalue weighted by Crippen LogP contribution is -2.16. The SMILES string of the molecule is CCOc1ccc(C(N)c2c(F)cc(F)cc2F)cc1Br. The maximum absolute atomic E-state index is 13.8. The van der Waals surface area contributed by atoms with E-state index in [1.54, 1.807) is 18.2 Å². The summed E-state index contributed by atoms with van der Waals surface area (Å²) in [5.74, 6) is -2.39. The number of nitrogens with two attached hydrogens (primary N) is 1. The van der Waals surface area contributed by atoms with Crippen molar-refractivity contribution in [2.24, 2.45) is 5.73 Å². The Labute approximate surface area is 128 Å². The van der Waals surface area contributed by atoms with Crippen LogP contribution in [0.25, 0.3) is 0 Å². The molecule has 0 spiro atoms. The van der Waals surface area contributed by atoms with Crippen LogP contribution in [-0.4, -0.2) is 6.61 Å². The molecule has 0 aliphatic rings. The van der Waals surface area contributed by atoms with Crippen molar-refractivity contribution < 1.29 is 17.9 Å². The Bertz CT molecular complexity index is 640. The highest BCUT2D eigenvalue weighted by Crippen LogP contribution is 2.31. The minimum Gasteiger partial charge on any atom is -0.493 e. The standard InChI is InChI=1S/C15H13BrF3NO/c1-2-21-13-4-3-8(5-10(13)16)15(20)14-11(18)6-9(17)7-12(14)19/h3-7,15H,2,20H2,1H3. The fraction of sp³-hybridized carbons (Fsp3) is 0.200. The Hall–Kier alpha value is -1.53. The van der Waals surface area contributed by atoms with Gasteiger partial charge < -0.3 is 10.5 Å². The van der Waals surface area contributed by atoms with Crippen molar-refractivity contribution in [3.63, 3.8) is 0 Å². The predicted octanol–water partition coefficient (Wildman–Crippen LogP) is 4.31. The minimum atomic E-state index is -1.04. The number of hydrogen-bond donors (Lipinski definition) is 1. The molecule has 6 heteroatoms. The van der Waals surface area contributed by atoms with Crippen LogP contribution in [0.15, 0.2) is 34.8 Å². The quantitative estimate of drug-likeness (QED) is 0.882. The van der Waals surface area contributed by atoms with E-state index < -0.39 is 23.5 Å².